The molecule has 2 aromatic carbocycles. The first kappa shape index (κ1) is 43.2. The number of amides is 4. The quantitative estimate of drug-likeness (QED) is 0.0934. The molecule has 0 spiro atoms. The number of hydrogen-bond donors (Lipinski definition) is 4. The van der Waals surface area contributed by atoms with Gasteiger partial charge in [-0.05, 0) is 113 Å². The summed E-state index contributed by atoms with van der Waals surface area (Å²) in [5, 5.41) is 17.1. The summed E-state index contributed by atoms with van der Waals surface area (Å²) in [4.78, 5) is 58.9. The maximum absolute atomic E-state index is 14.7. The van der Waals surface area contributed by atoms with Crippen LogP contribution in [0.5, 0.6) is 5.75 Å². The highest BCUT2D eigenvalue weighted by Gasteiger charge is 2.52. The van der Waals surface area contributed by atoms with Crippen molar-refractivity contribution in [1.29, 1.82) is 5.26 Å². The van der Waals surface area contributed by atoms with E-state index in [9.17, 15) is 42.0 Å². The second kappa shape index (κ2) is 17.4. The third kappa shape index (κ3) is 9.41. The monoisotopic (exact) mass is 838 g/mol. The number of aryl methyl sites for hydroxylation is 1. The van der Waals surface area contributed by atoms with Gasteiger partial charge >= 0.3 is 6.18 Å². The lowest BCUT2D eigenvalue weighted by Gasteiger charge is -2.37. The number of ether oxygens (including phenoxy) is 1. The van der Waals surface area contributed by atoms with E-state index in [4.69, 9.17) is 4.74 Å². The molecule has 3 aromatic rings. The zero-order valence-corrected chi connectivity index (χ0v) is 33.9. The van der Waals surface area contributed by atoms with Crippen LogP contribution in [0.3, 0.4) is 0 Å². The Kier molecular flexibility index (Phi) is 12.8. The lowest BCUT2D eigenvalue weighted by Crippen LogP contribution is -2.47. The molecule has 0 bridgehead atoms. The highest BCUT2D eigenvalue weighted by molar-refractivity contribution is 7.81. The number of rotatable bonds is 12. The van der Waals surface area contributed by atoms with Crippen molar-refractivity contribution in [2.24, 2.45) is 5.92 Å². The number of anilines is 4. The van der Waals surface area contributed by atoms with Gasteiger partial charge in [-0.2, -0.15) is 18.4 Å². The normalized spacial score (nSPS) is 22.2. The van der Waals surface area contributed by atoms with Crippen molar-refractivity contribution >= 4 is 59.0 Å². The molecule has 0 radical (unpaired) electrons. The van der Waals surface area contributed by atoms with Gasteiger partial charge in [0.05, 0.1) is 36.3 Å². The van der Waals surface area contributed by atoms with Gasteiger partial charge in [0.25, 0.3) is 5.91 Å². The van der Waals surface area contributed by atoms with Crippen LogP contribution < -0.4 is 30.5 Å². The number of thiol groups is 1. The van der Waals surface area contributed by atoms with Gasteiger partial charge in [0, 0.05) is 23.8 Å². The number of imide groups is 1. The van der Waals surface area contributed by atoms with E-state index in [0.29, 0.717) is 49.0 Å². The summed E-state index contributed by atoms with van der Waals surface area (Å²) in [5.74, 6) is -1.26. The topological polar surface area (TPSA) is 160 Å². The maximum atomic E-state index is 14.7. The summed E-state index contributed by atoms with van der Waals surface area (Å²) >= 11 is 4.69. The van der Waals surface area contributed by atoms with Crippen molar-refractivity contribution in [3.63, 3.8) is 0 Å². The minimum atomic E-state index is -4.85. The average molecular weight is 839 g/mol. The number of nitrogens with zero attached hydrogens (tertiary/aromatic N) is 5. The summed E-state index contributed by atoms with van der Waals surface area (Å²) < 4.78 is 62.2. The van der Waals surface area contributed by atoms with E-state index in [1.165, 1.54) is 24.3 Å². The van der Waals surface area contributed by atoms with E-state index in [1.54, 1.807) is 24.8 Å². The number of nitrogens with one attached hydrogen (secondary N) is 3. The van der Waals surface area contributed by atoms with E-state index in [2.05, 4.69) is 38.5 Å². The van der Waals surface area contributed by atoms with Crippen LogP contribution in [0.15, 0.2) is 48.7 Å². The highest BCUT2D eigenvalue weighted by Crippen LogP contribution is 2.43. The number of benzene rings is 2. The van der Waals surface area contributed by atoms with Gasteiger partial charge in [-0.15, -0.1) is 12.6 Å². The Morgan fingerprint density at radius 1 is 1.12 bits per heavy atom. The molecule has 2 unspecified atom stereocenters. The first-order valence-corrected chi connectivity index (χ1v) is 19.9. The smallest absolute Gasteiger partial charge is 0.419 e. The SMILES string of the molecule is CCc1cc(N2C(S)N(c3cnc(C#N)c(C(F)(F)F)c3)C(=O)C2(C)C)ccc1OCC[C@H]1CCN(CC(=O)Nc2cc(NC3CCC(=O)NC3=O)ccc2F)[C@H](C)C1. The summed E-state index contributed by atoms with van der Waals surface area (Å²) in [7, 11) is 0. The Hall–Kier alpha value is -5.41. The molecule has 0 saturated carbocycles. The molecule has 4 amide bonds. The Morgan fingerprint density at radius 3 is 2.56 bits per heavy atom. The molecule has 0 aliphatic carbocycles. The van der Waals surface area contributed by atoms with Gasteiger partial charge in [-0.25, -0.2) is 9.37 Å². The van der Waals surface area contributed by atoms with Crippen LogP contribution in [0, 0.1) is 23.1 Å². The molecule has 3 saturated heterocycles. The number of halogens is 4. The molecular formula is C41H46F4N8O5S. The zero-order chi connectivity index (χ0) is 42.8. The van der Waals surface area contributed by atoms with Crippen LogP contribution in [-0.2, 0) is 31.8 Å². The number of carbonyl (C=O) groups excluding carboxylic acids is 4. The van der Waals surface area contributed by atoms with Gasteiger partial charge in [0.15, 0.2) is 11.2 Å². The van der Waals surface area contributed by atoms with Gasteiger partial charge in [0.1, 0.15) is 29.2 Å². The Balaban J connectivity index is 1.02. The molecule has 3 fully saturated rings. The van der Waals surface area contributed by atoms with Crippen LogP contribution in [-0.4, -0.2) is 76.3 Å². The van der Waals surface area contributed by atoms with E-state index < -0.39 is 52.1 Å². The standard InChI is InChI=1S/C41H46F4N8O5S/c1-5-25-17-27(53-39(59)52(38(57)40(53,3)4)28-19-29(41(43,44)45)33(20-46)47-21-28)7-10-34(25)58-15-13-24-12-14-51(23(2)16-24)22-36(55)49-32-18-26(6-8-30(32)42)48-31-9-11-35(54)50-37(31)56/h6-8,10,17-19,21,23-24,31,39,48,59H,5,9,11-16,22H2,1-4H3,(H,49,55)(H,50,54,56)/t23-,24-,31?,39?/m1/s1. The van der Waals surface area contributed by atoms with Crippen LogP contribution in [0.1, 0.15) is 76.6 Å². The average Bonchev–Trinajstić information content (AvgIpc) is 3.36. The molecular weight excluding hydrogens is 793 g/mol. The van der Waals surface area contributed by atoms with Crippen LogP contribution >= 0.6 is 12.6 Å². The molecule has 314 valence electrons. The van der Waals surface area contributed by atoms with Crippen molar-refractivity contribution in [1.82, 2.24) is 15.2 Å². The molecule has 59 heavy (non-hydrogen) atoms. The lowest BCUT2D eigenvalue weighted by molar-refractivity contribution is -0.138. The molecule has 6 rings (SSSR count). The number of pyridine rings is 1. The third-order valence-electron chi connectivity index (χ3n) is 11.1. The van der Waals surface area contributed by atoms with Crippen LogP contribution in [0.25, 0.3) is 0 Å². The molecule has 3 aliphatic heterocycles. The predicted octanol–water partition coefficient (Wildman–Crippen LogP) is 6.24. The Morgan fingerprint density at radius 2 is 1.88 bits per heavy atom. The molecule has 13 nitrogen and oxygen atoms in total. The number of carbonyl (C=O) groups is 4. The summed E-state index contributed by atoms with van der Waals surface area (Å²) in [6.07, 6.45) is -0.252. The highest BCUT2D eigenvalue weighted by atomic mass is 32.1. The number of likely N-dealkylation sites (tertiary alicyclic amines) is 1. The van der Waals surface area contributed by atoms with Crippen molar-refractivity contribution in [2.45, 2.75) is 95.5 Å². The first-order valence-electron chi connectivity index (χ1n) is 19.4. The third-order valence-corrected chi connectivity index (χ3v) is 11.6. The van der Waals surface area contributed by atoms with Crippen LogP contribution in [0.4, 0.5) is 40.3 Å². The number of nitriles is 1. The lowest BCUT2D eigenvalue weighted by atomic mass is 9.89. The van der Waals surface area contributed by atoms with E-state index in [0.717, 1.165) is 42.0 Å². The fourth-order valence-electron chi connectivity index (χ4n) is 7.91. The summed E-state index contributed by atoms with van der Waals surface area (Å²) in [5.41, 5.74) is -2.42. The molecule has 18 heteroatoms. The van der Waals surface area contributed by atoms with Crippen LogP contribution in [0.2, 0.25) is 0 Å². The first-order chi connectivity index (χ1) is 27.9. The zero-order valence-electron chi connectivity index (χ0n) is 33.0. The minimum absolute atomic E-state index is 0.0138. The van der Waals surface area contributed by atoms with E-state index in [1.807, 2.05) is 26.0 Å². The number of hydrogen-bond acceptors (Lipinski definition) is 11. The molecule has 3 aliphatic rings. The summed E-state index contributed by atoms with van der Waals surface area (Å²) in [6, 6.07) is 11.2. The van der Waals surface area contributed by atoms with Crippen molar-refractivity contribution in [3.8, 4) is 11.8 Å². The van der Waals surface area contributed by atoms with Gasteiger partial charge in [-0.3, -0.25) is 34.3 Å². The summed E-state index contributed by atoms with van der Waals surface area (Å²) in [6.45, 7) is 8.52. The Bertz CT molecular complexity index is 2160. The van der Waals surface area contributed by atoms with Gasteiger partial charge in [-0.1, -0.05) is 6.92 Å². The maximum Gasteiger partial charge on any atom is 0.419 e. The fraction of sp³-hybridized carbons (Fsp3) is 0.463. The predicted molar refractivity (Wildman–Crippen MR) is 215 cm³/mol. The molecule has 4 heterocycles. The fourth-order valence-corrected chi connectivity index (χ4v) is 8.57. The molecule has 4 atom stereocenters. The molecule has 3 N–H and O–H groups in total. The number of aromatic nitrogens is 1. The van der Waals surface area contributed by atoms with E-state index >= 15 is 0 Å². The second-order valence-electron chi connectivity index (χ2n) is 15.5. The van der Waals surface area contributed by atoms with Gasteiger partial charge in [0.2, 0.25) is 17.7 Å². The number of alkyl halides is 3. The Labute approximate surface area is 344 Å². The van der Waals surface area contributed by atoms with E-state index in [-0.39, 0.29) is 42.2 Å². The van der Waals surface area contributed by atoms with Gasteiger partial charge < -0.3 is 20.3 Å². The van der Waals surface area contributed by atoms with Crippen molar-refractivity contribution in [2.75, 3.05) is 40.1 Å². The largest absolute Gasteiger partial charge is 0.493 e. The van der Waals surface area contributed by atoms with Crippen molar-refractivity contribution < 1.29 is 41.5 Å². The minimum Gasteiger partial charge on any atom is -0.493 e. The number of piperidine rings is 2. The molecule has 1 aromatic heterocycles. The van der Waals surface area contributed by atoms with Crippen molar-refractivity contribution in [3.05, 3.63) is 71.3 Å². The second-order valence-corrected chi connectivity index (χ2v) is 16.0.